The Balaban J connectivity index is 0.000000230. The van der Waals surface area contributed by atoms with Crippen molar-refractivity contribution in [3.63, 3.8) is 0 Å². The van der Waals surface area contributed by atoms with Gasteiger partial charge in [-0.1, -0.05) is 117 Å². The third-order valence-corrected chi connectivity index (χ3v) is 11.8. The average Bonchev–Trinajstić information content (AvgIpc) is 3.68. The molecule has 47 heavy (non-hydrogen) atoms. The molecule has 0 saturated heterocycles. The Labute approximate surface area is 315 Å². The first-order valence-electron chi connectivity index (χ1n) is 17.6. The van der Waals surface area contributed by atoms with Crippen molar-refractivity contribution >= 4 is 14.4 Å². The molecule has 2 aromatic carbocycles. The van der Waals surface area contributed by atoms with Crippen molar-refractivity contribution in [3.05, 3.63) is 93.1 Å². The van der Waals surface area contributed by atoms with E-state index in [9.17, 15) is 0 Å². The zero-order chi connectivity index (χ0) is 32.9. The molecule has 1 fully saturated rings. The molecule has 0 nitrogen and oxygen atoms in total. The van der Waals surface area contributed by atoms with Crippen LogP contribution in [0.2, 0.25) is 0 Å². The summed E-state index contributed by atoms with van der Waals surface area (Å²) in [5, 5.41) is 0. The fourth-order valence-corrected chi connectivity index (χ4v) is 8.98. The molecule has 0 N–H and O–H groups in total. The van der Waals surface area contributed by atoms with Crippen molar-refractivity contribution in [2.75, 3.05) is 0 Å². The molecule has 2 aromatic rings. The van der Waals surface area contributed by atoms with Crippen molar-refractivity contribution in [1.82, 2.24) is 0 Å². The molecule has 3 heteroatoms. The van der Waals surface area contributed by atoms with Crippen LogP contribution in [0.25, 0.3) is 22.3 Å². The van der Waals surface area contributed by atoms with E-state index in [2.05, 4.69) is 125 Å². The molecule has 1 saturated carbocycles. The SMILES string of the molecule is CC1=[C-]C(C)(C)c2cc3c(cc21)-c1cc2c(cc1C3)C(C)(C)C=C2C.CCC1=[C-]C(CC)C=C1C(C)(C)C.[Cl-].[Cl-].[Zr+2]=[C]1CCCCC1. The third-order valence-electron chi connectivity index (χ3n) is 10.5. The van der Waals surface area contributed by atoms with Crippen LogP contribution >= 0.6 is 0 Å². The molecular weight excluding hydrogens is 691 g/mol. The summed E-state index contributed by atoms with van der Waals surface area (Å²) < 4.78 is 1.80. The number of allylic oxidation sites excluding steroid dienone is 8. The van der Waals surface area contributed by atoms with Gasteiger partial charge in [-0.25, -0.2) is 11.1 Å². The number of hydrogen-bond donors (Lipinski definition) is 0. The van der Waals surface area contributed by atoms with E-state index in [4.69, 9.17) is 0 Å². The van der Waals surface area contributed by atoms with E-state index in [1.807, 2.05) is 0 Å². The fourth-order valence-electron chi connectivity index (χ4n) is 8.11. The van der Waals surface area contributed by atoms with Crippen LogP contribution in [-0.2, 0) is 41.5 Å². The Bertz CT molecular complexity index is 1540. The molecule has 252 valence electrons. The van der Waals surface area contributed by atoms with Gasteiger partial charge in [-0.3, -0.25) is 12.2 Å². The molecule has 0 amide bonds. The van der Waals surface area contributed by atoms with Crippen molar-refractivity contribution in [3.8, 4) is 11.1 Å². The van der Waals surface area contributed by atoms with Gasteiger partial charge in [0, 0.05) is 5.41 Å². The van der Waals surface area contributed by atoms with Gasteiger partial charge in [0.25, 0.3) is 0 Å². The maximum atomic E-state index is 3.65. The number of halogens is 2. The summed E-state index contributed by atoms with van der Waals surface area (Å²) in [5.41, 5.74) is 17.8. The summed E-state index contributed by atoms with van der Waals surface area (Å²) in [6.07, 6.45) is 22.7. The summed E-state index contributed by atoms with van der Waals surface area (Å²) in [4.78, 5) is 0. The second kappa shape index (κ2) is 15.3. The molecule has 5 aliphatic rings. The van der Waals surface area contributed by atoms with Crippen LogP contribution < -0.4 is 24.8 Å². The van der Waals surface area contributed by atoms with E-state index < -0.39 is 0 Å². The van der Waals surface area contributed by atoms with Gasteiger partial charge in [0.1, 0.15) is 0 Å². The van der Waals surface area contributed by atoms with Gasteiger partial charge in [0.2, 0.25) is 0 Å². The Morgan fingerprint density at radius 3 is 1.87 bits per heavy atom. The van der Waals surface area contributed by atoms with Gasteiger partial charge in [0.05, 0.1) is 0 Å². The monoisotopic (exact) mass is 744 g/mol. The number of rotatable bonds is 2. The normalized spacial score (nSPS) is 20.7. The van der Waals surface area contributed by atoms with Gasteiger partial charge >= 0.3 is 59.5 Å². The summed E-state index contributed by atoms with van der Waals surface area (Å²) in [5.74, 6) is 0.573. The van der Waals surface area contributed by atoms with Gasteiger partial charge < -0.3 is 24.8 Å². The Morgan fingerprint density at radius 2 is 1.38 bits per heavy atom. The Hall–Kier alpha value is -1.27. The molecule has 1 atom stereocenters. The number of hydrogen-bond acceptors (Lipinski definition) is 0. The molecule has 0 radical (unpaired) electrons. The van der Waals surface area contributed by atoms with E-state index in [0.29, 0.717) is 11.3 Å². The van der Waals surface area contributed by atoms with Crippen LogP contribution in [0.4, 0.5) is 0 Å². The van der Waals surface area contributed by atoms with Crippen molar-refractivity contribution < 1.29 is 49.0 Å². The van der Waals surface area contributed by atoms with Gasteiger partial charge in [-0.2, -0.15) is 17.2 Å². The molecule has 0 heterocycles. The van der Waals surface area contributed by atoms with Crippen LogP contribution in [0.5, 0.6) is 0 Å². The standard InChI is InChI=1S/C25H25.C13H21.C6H10.2ClH.Zr/c1-14-12-24(3,4)22-8-16-7-17-9-23-19(15(2)13-25(23,5)6)11-21(17)20(16)10-18(14)22;1-6-10-8-11(7-2)12(9-10)13(3,4)5;1-2-4-6-5-3-1;;;/h8-12H,7H2,1-6H3;9-10H,6-7H2,1-5H3;1-5H2;2*1H;/q2*-1;;;;+2/p-2. The minimum absolute atomic E-state index is 0. The second-order valence-electron chi connectivity index (χ2n) is 16.2. The van der Waals surface area contributed by atoms with Crippen LogP contribution in [0.1, 0.15) is 154 Å². The second-order valence-corrected chi connectivity index (χ2v) is 17.9. The third kappa shape index (κ3) is 8.38. The van der Waals surface area contributed by atoms with Crippen LogP contribution in [0, 0.1) is 23.5 Å². The van der Waals surface area contributed by atoms with Gasteiger partial charge in [0.15, 0.2) is 0 Å². The quantitative estimate of drug-likeness (QED) is 0.272. The summed E-state index contributed by atoms with van der Waals surface area (Å²) in [6, 6.07) is 9.81. The van der Waals surface area contributed by atoms with Gasteiger partial charge in [-0.15, -0.1) is 11.6 Å². The zero-order valence-electron chi connectivity index (χ0n) is 31.0. The van der Waals surface area contributed by atoms with E-state index >= 15 is 0 Å². The summed E-state index contributed by atoms with van der Waals surface area (Å²) >= 11 is 1.69. The van der Waals surface area contributed by atoms with E-state index in [-0.39, 0.29) is 35.6 Å². The van der Waals surface area contributed by atoms with Crippen LogP contribution in [-0.4, -0.2) is 3.21 Å². The molecule has 5 aliphatic carbocycles. The Kier molecular flexibility index (Phi) is 13.1. The first-order valence-corrected chi connectivity index (χ1v) is 18.9. The topological polar surface area (TPSA) is 0 Å². The summed E-state index contributed by atoms with van der Waals surface area (Å²) in [6.45, 7) is 25.0. The van der Waals surface area contributed by atoms with Crippen molar-refractivity contribution in [1.29, 1.82) is 0 Å². The first kappa shape index (κ1) is 40.2. The minimum atomic E-state index is 0. The molecule has 0 aliphatic heterocycles. The predicted molar refractivity (Wildman–Crippen MR) is 193 cm³/mol. The molecule has 7 rings (SSSR count). The van der Waals surface area contributed by atoms with Crippen LogP contribution in [0.3, 0.4) is 0 Å². The van der Waals surface area contributed by atoms with Crippen LogP contribution in [0.15, 0.2) is 47.6 Å². The molecule has 0 aromatic heterocycles. The predicted octanol–water partition coefficient (Wildman–Crippen LogP) is 6.27. The molecule has 1 unspecified atom stereocenters. The summed E-state index contributed by atoms with van der Waals surface area (Å²) in [7, 11) is 0. The van der Waals surface area contributed by atoms with E-state index in [0.717, 1.165) is 12.8 Å². The maximum absolute atomic E-state index is 3.65. The fraction of sp³-hybridized carbons (Fsp3) is 0.523. The Morgan fingerprint density at radius 1 is 0.809 bits per heavy atom. The first-order chi connectivity index (χ1) is 21.1. The number of fused-ring (bicyclic) bond motifs is 5. The molecular formula is C44H56Cl2Zr-2. The van der Waals surface area contributed by atoms with Crippen molar-refractivity contribution in [2.24, 2.45) is 11.3 Å². The van der Waals surface area contributed by atoms with E-state index in [1.54, 1.807) is 27.4 Å². The average molecular weight is 747 g/mol. The number of benzene rings is 2. The van der Waals surface area contributed by atoms with E-state index in [1.165, 1.54) is 105 Å². The van der Waals surface area contributed by atoms with Gasteiger partial charge in [-0.05, 0) is 58.4 Å². The van der Waals surface area contributed by atoms with Crippen molar-refractivity contribution in [2.45, 2.75) is 138 Å². The zero-order valence-corrected chi connectivity index (χ0v) is 34.9. The molecule has 0 bridgehead atoms. The molecule has 0 spiro atoms.